The van der Waals surface area contributed by atoms with E-state index in [0.29, 0.717) is 11.3 Å². The minimum absolute atomic E-state index is 0.0295. The van der Waals surface area contributed by atoms with Gasteiger partial charge in [-0.25, -0.2) is 4.98 Å². The number of anilines is 2. The molecule has 1 amide bonds. The van der Waals surface area contributed by atoms with E-state index in [1.54, 1.807) is 6.07 Å². The molecule has 1 saturated heterocycles. The predicted molar refractivity (Wildman–Crippen MR) is 107 cm³/mol. The van der Waals surface area contributed by atoms with Crippen molar-refractivity contribution in [2.75, 3.05) is 23.3 Å². The average Bonchev–Trinajstić information content (AvgIpc) is 2.69. The summed E-state index contributed by atoms with van der Waals surface area (Å²) in [5.41, 5.74) is 2.77. The number of aromatic nitrogens is 2. The Morgan fingerprint density at radius 3 is 2.52 bits per heavy atom. The van der Waals surface area contributed by atoms with Crippen LogP contribution in [-0.4, -0.2) is 28.4 Å². The summed E-state index contributed by atoms with van der Waals surface area (Å²) in [7, 11) is 0. The van der Waals surface area contributed by atoms with Gasteiger partial charge in [0.15, 0.2) is 0 Å². The van der Waals surface area contributed by atoms with Crippen molar-refractivity contribution in [2.45, 2.75) is 26.2 Å². The molecule has 3 heterocycles. The van der Waals surface area contributed by atoms with Crippen LogP contribution in [0.15, 0.2) is 53.5 Å². The monoisotopic (exact) mass is 362 g/mol. The van der Waals surface area contributed by atoms with Gasteiger partial charge < -0.3 is 10.2 Å². The van der Waals surface area contributed by atoms with Gasteiger partial charge >= 0.3 is 0 Å². The molecule has 0 radical (unpaired) electrons. The maximum absolute atomic E-state index is 12.7. The number of carbonyl (C=O) groups excluding carboxylic acids is 1. The summed E-state index contributed by atoms with van der Waals surface area (Å²) < 4.78 is 1.45. The Balaban J connectivity index is 1.55. The van der Waals surface area contributed by atoms with Crippen molar-refractivity contribution in [3.8, 4) is 0 Å². The molecule has 3 aromatic rings. The molecule has 2 aromatic heterocycles. The van der Waals surface area contributed by atoms with Crippen LogP contribution in [0.5, 0.6) is 0 Å². The maximum atomic E-state index is 12.7. The van der Waals surface area contributed by atoms with Crippen LogP contribution in [0.2, 0.25) is 0 Å². The summed E-state index contributed by atoms with van der Waals surface area (Å²) in [5.74, 6) is -0.448. The molecular formula is C21H22N4O2. The van der Waals surface area contributed by atoms with E-state index in [2.05, 4.69) is 15.2 Å². The van der Waals surface area contributed by atoms with E-state index in [-0.39, 0.29) is 11.1 Å². The molecular weight excluding hydrogens is 340 g/mol. The lowest BCUT2D eigenvalue weighted by atomic mass is 10.1. The average molecular weight is 362 g/mol. The Morgan fingerprint density at radius 1 is 1.04 bits per heavy atom. The van der Waals surface area contributed by atoms with E-state index in [1.807, 2.05) is 43.3 Å². The first-order valence-electron chi connectivity index (χ1n) is 9.27. The Labute approximate surface area is 157 Å². The number of nitrogens with one attached hydrogen (secondary N) is 1. The maximum Gasteiger partial charge on any atom is 0.270 e. The van der Waals surface area contributed by atoms with Crippen LogP contribution < -0.4 is 15.8 Å². The fourth-order valence-corrected chi connectivity index (χ4v) is 3.54. The number of nitrogens with zero attached hydrogens (tertiary/aromatic N) is 3. The highest BCUT2D eigenvalue weighted by Crippen LogP contribution is 2.22. The molecule has 1 aromatic carbocycles. The summed E-state index contributed by atoms with van der Waals surface area (Å²) in [5, 5.41) is 2.80. The van der Waals surface area contributed by atoms with Gasteiger partial charge in [0.05, 0.1) is 0 Å². The number of rotatable bonds is 3. The first kappa shape index (κ1) is 17.3. The van der Waals surface area contributed by atoms with E-state index in [0.717, 1.165) is 24.5 Å². The second-order valence-electron chi connectivity index (χ2n) is 6.89. The van der Waals surface area contributed by atoms with Gasteiger partial charge in [-0.15, -0.1) is 0 Å². The molecule has 0 spiro atoms. The highest BCUT2D eigenvalue weighted by molar-refractivity contribution is 6.04. The van der Waals surface area contributed by atoms with Crippen LogP contribution in [0.4, 0.5) is 11.4 Å². The first-order valence-corrected chi connectivity index (χ1v) is 9.27. The van der Waals surface area contributed by atoms with E-state index >= 15 is 0 Å². The van der Waals surface area contributed by atoms with Crippen LogP contribution in [0.25, 0.3) is 5.65 Å². The van der Waals surface area contributed by atoms with E-state index in [1.165, 1.54) is 29.9 Å². The summed E-state index contributed by atoms with van der Waals surface area (Å²) in [6.07, 6.45) is 5.07. The molecule has 6 nitrogen and oxygen atoms in total. The normalized spacial score (nSPS) is 14.3. The van der Waals surface area contributed by atoms with Crippen molar-refractivity contribution in [1.82, 2.24) is 9.38 Å². The number of piperidine rings is 1. The Bertz CT molecular complexity index is 1030. The molecule has 0 bridgehead atoms. The van der Waals surface area contributed by atoms with Crippen molar-refractivity contribution in [2.24, 2.45) is 0 Å². The predicted octanol–water partition coefficient (Wildman–Crippen LogP) is 3.25. The molecule has 6 heteroatoms. The molecule has 1 N–H and O–H groups in total. The molecule has 1 fully saturated rings. The van der Waals surface area contributed by atoms with Gasteiger partial charge in [-0.2, -0.15) is 0 Å². The summed E-state index contributed by atoms with van der Waals surface area (Å²) >= 11 is 0. The molecule has 0 aliphatic carbocycles. The zero-order chi connectivity index (χ0) is 18.8. The number of aryl methyl sites for hydroxylation is 1. The molecule has 4 rings (SSSR count). The van der Waals surface area contributed by atoms with Gasteiger partial charge in [-0.3, -0.25) is 14.0 Å². The summed E-state index contributed by atoms with van der Waals surface area (Å²) in [6, 6.07) is 13.2. The first-order chi connectivity index (χ1) is 13.1. The zero-order valence-electron chi connectivity index (χ0n) is 15.3. The number of hydrogen-bond donors (Lipinski definition) is 1. The largest absolute Gasteiger partial charge is 0.372 e. The van der Waals surface area contributed by atoms with Crippen LogP contribution in [-0.2, 0) is 0 Å². The number of fused-ring (bicyclic) bond motifs is 1. The number of hydrogen-bond acceptors (Lipinski definition) is 4. The third kappa shape index (κ3) is 3.43. The number of benzene rings is 1. The van der Waals surface area contributed by atoms with Gasteiger partial charge in [0.1, 0.15) is 11.2 Å². The number of amides is 1. The summed E-state index contributed by atoms with van der Waals surface area (Å²) in [4.78, 5) is 31.9. The van der Waals surface area contributed by atoms with Crippen molar-refractivity contribution in [3.05, 3.63) is 70.3 Å². The zero-order valence-corrected chi connectivity index (χ0v) is 15.3. The quantitative estimate of drug-likeness (QED) is 0.777. The molecule has 1 aliphatic heterocycles. The molecule has 138 valence electrons. The third-order valence-electron chi connectivity index (χ3n) is 5.01. The van der Waals surface area contributed by atoms with E-state index < -0.39 is 5.91 Å². The van der Waals surface area contributed by atoms with Crippen molar-refractivity contribution in [1.29, 1.82) is 0 Å². The lowest BCUT2D eigenvalue weighted by molar-refractivity contribution is 0.102. The highest BCUT2D eigenvalue weighted by Gasteiger charge is 2.15. The molecule has 0 unspecified atom stereocenters. The number of carbonyl (C=O) groups is 1. The van der Waals surface area contributed by atoms with E-state index in [9.17, 15) is 9.59 Å². The fourth-order valence-electron chi connectivity index (χ4n) is 3.54. The minimum Gasteiger partial charge on any atom is -0.372 e. The lowest BCUT2D eigenvalue weighted by Crippen LogP contribution is -2.29. The standard InChI is InChI=1S/C21H22N4O2/c1-15-6-5-7-19-22-14-18(21(27)25(15)19)20(26)23-16-8-10-17(11-9-16)24-12-3-2-4-13-24/h5-11,14H,2-4,12-13H2,1H3,(H,23,26). The SMILES string of the molecule is Cc1cccc2ncc(C(=O)Nc3ccc(N4CCCCC4)cc3)c(=O)n12. The Kier molecular flexibility index (Phi) is 4.62. The van der Waals surface area contributed by atoms with Gasteiger partial charge in [-0.05, 0) is 62.6 Å². The van der Waals surface area contributed by atoms with Crippen LogP contribution in [0.3, 0.4) is 0 Å². The number of pyridine rings is 1. The lowest BCUT2D eigenvalue weighted by Gasteiger charge is -2.28. The Morgan fingerprint density at radius 2 is 1.78 bits per heavy atom. The summed E-state index contributed by atoms with van der Waals surface area (Å²) in [6.45, 7) is 3.96. The van der Waals surface area contributed by atoms with Gasteiger partial charge in [0.2, 0.25) is 0 Å². The topological polar surface area (TPSA) is 66.7 Å². The van der Waals surface area contributed by atoms with Crippen molar-refractivity contribution < 1.29 is 4.79 Å². The van der Waals surface area contributed by atoms with Crippen molar-refractivity contribution >= 4 is 22.9 Å². The fraction of sp³-hybridized carbons (Fsp3) is 0.286. The molecule has 0 atom stereocenters. The van der Waals surface area contributed by atoms with Gasteiger partial charge in [0, 0.05) is 36.4 Å². The highest BCUT2D eigenvalue weighted by atomic mass is 16.2. The Hall–Kier alpha value is -3.15. The van der Waals surface area contributed by atoms with Gasteiger partial charge in [-0.1, -0.05) is 6.07 Å². The van der Waals surface area contributed by atoms with Crippen LogP contribution >= 0.6 is 0 Å². The second-order valence-corrected chi connectivity index (χ2v) is 6.89. The second kappa shape index (κ2) is 7.23. The van der Waals surface area contributed by atoms with Crippen LogP contribution in [0.1, 0.15) is 35.3 Å². The third-order valence-corrected chi connectivity index (χ3v) is 5.01. The van der Waals surface area contributed by atoms with E-state index in [4.69, 9.17) is 0 Å². The molecule has 1 aliphatic rings. The molecule has 27 heavy (non-hydrogen) atoms. The molecule has 0 saturated carbocycles. The van der Waals surface area contributed by atoms with Crippen molar-refractivity contribution in [3.63, 3.8) is 0 Å². The van der Waals surface area contributed by atoms with Gasteiger partial charge in [0.25, 0.3) is 11.5 Å². The van der Waals surface area contributed by atoms with Crippen LogP contribution in [0, 0.1) is 6.92 Å². The smallest absolute Gasteiger partial charge is 0.270 e. The minimum atomic E-state index is -0.448.